The van der Waals surface area contributed by atoms with Gasteiger partial charge in [-0.15, -0.1) is 0 Å². The molecule has 0 bridgehead atoms. The summed E-state index contributed by atoms with van der Waals surface area (Å²) in [5.41, 5.74) is 1.32. The van der Waals surface area contributed by atoms with E-state index in [1.165, 1.54) is 0 Å². The third-order valence-corrected chi connectivity index (χ3v) is 2.98. The zero-order valence-corrected chi connectivity index (χ0v) is 10.7. The first-order valence-corrected chi connectivity index (χ1v) is 5.97. The Bertz CT molecular complexity index is 656. The van der Waals surface area contributed by atoms with Gasteiger partial charge in [0.05, 0.1) is 5.56 Å². The van der Waals surface area contributed by atoms with Crippen LogP contribution in [0.3, 0.4) is 0 Å². The molecule has 2 nitrogen and oxygen atoms in total. The highest BCUT2D eigenvalue weighted by Crippen LogP contribution is 2.15. The Balaban J connectivity index is 2.14. The molecule has 0 unspecified atom stereocenters. The first-order valence-electron chi connectivity index (χ1n) is 5.97. The van der Waals surface area contributed by atoms with Crippen molar-refractivity contribution in [3.05, 3.63) is 70.5 Å². The SMILES string of the molecule is Cc1ccccc1CNC(=O)c1ccc(F)c(F)c1F. The maximum atomic E-state index is 13.4. The highest BCUT2D eigenvalue weighted by molar-refractivity contribution is 5.94. The second-order valence-corrected chi connectivity index (χ2v) is 4.33. The predicted octanol–water partition coefficient (Wildman–Crippen LogP) is 3.34. The predicted molar refractivity (Wildman–Crippen MR) is 68.7 cm³/mol. The van der Waals surface area contributed by atoms with Gasteiger partial charge in [0.1, 0.15) is 0 Å². The fourth-order valence-electron chi connectivity index (χ4n) is 1.78. The largest absolute Gasteiger partial charge is 0.348 e. The van der Waals surface area contributed by atoms with Crippen LogP contribution in [0.2, 0.25) is 0 Å². The van der Waals surface area contributed by atoms with Crippen molar-refractivity contribution < 1.29 is 18.0 Å². The summed E-state index contributed by atoms with van der Waals surface area (Å²) in [5, 5.41) is 2.48. The van der Waals surface area contributed by atoms with Crippen LogP contribution in [0.25, 0.3) is 0 Å². The van der Waals surface area contributed by atoms with E-state index >= 15 is 0 Å². The third kappa shape index (κ3) is 2.82. The van der Waals surface area contributed by atoms with Crippen molar-refractivity contribution in [2.75, 3.05) is 0 Å². The number of aryl methyl sites for hydroxylation is 1. The zero-order valence-electron chi connectivity index (χ0n) is 10.7. The molecule has 0 spiro atoms. The van der Waals surface area contributed by atoms with Gasteiger partial charge in [-0.3, -0.25) is 4.79 Å². The number of carbonyl (C=O) groups excluding carboxylic acids is 1. The normalized spacial score (nSPS) is 10.4. The monoisotopic (exact) mass is 279 g/mol. The highest BCUT2D eigenvalue weighted by Gasteiger charge is 2.18. The summed E-state index contributed by atoms with van der Waals surface area (Å²) in [6.07, 6.45) is 0. The van der Waals surface area contributed by atoms with Crippen molar-refractivity contribution in [2.24, 2.45) is 0 Å². The molecule has 0 saturated heterocycles. The summed E-state index contributed by atoms with van der Waals surface area (Å²) in [7, 11) is 0. The lowest BCUT2D eigenvalue weighted by atomic mass is 10.1. The Kier molecular flexibility index (Phi) is 4.08. The Morgan fingerprint density at radius 3 is 2.45 bits per heavy atom. The molecule has 1 N–H and O–H groups in total. The van der Waals surface area contributed by atoms with Crippen LogP contribution in [0.4, 0.5) is 13.2 Å². The van der Waals surface area contributed by atoms with Gasteiger partial charge >= 0.3 is 0 Å². The van der Waals surface area contributed by atoms with Crippen LogP contribution in [0.5, 0.6) is 0 Å². The van der Waals surface area contributed by atoms with E-state index in [9.17, 15) is 18.0 Å². The van der Waals surface area contributed by atoms with Crippen LogP contribution in [0, 0.1) is 24.4 Å². The lowest BCUT2D eigenvalue weighted by molar-refractivity contribution is 0.0945. The molecule has 0 heterocycles. The fourth-order valence-corrected chi connectivity index (χ4v) is 1.78. The summed E-state index contributed by atoms with van der Waals surface area (Å²) in [4.78, 5) is 11.8. The lowest BCUT2D eigenvalue weighted by Crippen LogP contribution is -2.24. The highest BCUT2D eigenvalue weighted by atomic mass is 19.2. The number of nitrogens with one attached hydrogen (secondary N) is 1. The van der Waals surface area contributed by atoms with Crippen molar-refractivity contribution in [2.45, 2.75) is 13.5 Å². The van der Waals surface area contributed by atoms with Gasteiger partial charge in [-0.25, -0.2) is 13.2 Å². The summed E-state index contributed by atoms with van der Waals surface area (Å²) in [6.45, 7) is 2.06. The van der Waals surface area contributed by atoms with E-state index in [4.69, 9.17) is 0 Å². The van der Waals surface area contributed by atoms with Gasteiger partial charge in [0.2, 0.25) is 0 Å². The minimum atomic E-state index is -1.64. The number of amides is 1. The van der Waals surface area contributed by atoms with E-state index < -0.39 is 28.9 Å². The van der Waals surface area contributed by atoms with Crippen molar-refractivity contribution >= 4 is 5.91 Å². The van der Waals surface area contributed by atoms with Crippen LogP contribution >= 0.6 is 0 Å². The second-order valence-electron chi connectivity index (χ2n) is 4.33. The fraction of sp³-hybridized carbons (Fsp3) is 0.133. The summed E-state index contributed by atoms with van der Waals surface area (Å²) >= 11 is 0. The molecule has 0 aliphatic rings. The lowest BCUT2D eigenvalue weighted by Gasteiger charge is -2.09. The van der Waals surface area contributed by atoms with Gasteiger partial charge in [0, 0.05) is 6.54 Å². The smallest absolute Gasteiger partial charge is 0.254 e. The van der Waals surface area contributed by atoms with Crippen LogP contribution < -0.4 is 5.32 Å². The number of hydrogen-bond donors (Lipinski definition) is 1. The average molecular weight is 279 g/mol. The standard InChI is InChI=1S/C15H12F3NO/c1-9-4-2-3-5-10(9)8-19-15(20)11-6-7-12(16)14(18)13(11)17/h2-7H,8H2,1H3,(H,19,20). The van der Waals surface area contributed by atoms with Crippen LogP contribution in [0.15, 0.2) is 36.4 Å². The number of benzene rings is 2. The van der Waals surface area contributed by atoms with Crippen LogP contribution in [-0.2, 0) is 6.54 Å². The van der Waals surface area contributed by atoms with Gasteiger partial charge in [0.25, 0.3) is 5.91 Å². The van der Waals surface area contributed by atoms with Crippen molar-refractivity contribution in [3.63, 3.8) is 0 Å². The van der Waals surface area contributed by atoms with Crippen molar-refractivity contribution in [3.8, 4) is 0 Å². The minimum absolute atomic E-state index is 0.184. The first-order chi connectivity index (χ1) is 9.50. The maximum absolute atomic E-state index is 13.4. The second kappa shape index (κ2) is 5.77. The molecule has 20 heavy (non-hydrogen) atoms. The Morgan fingerprint density at radius 2 is 1.75 bits per heavy atom. The molecule has 0 aromatic heterocycles. The third-order valence-electron chi connectivity index (χ3n) is 2.98. The van der Waals surface area contributed by atoms with Gasteiger partial charge in [-0.2, -0.15) is 0 Å². The van der Waals surface area contributed by atoms with E-state index in [0.717, 1.165) is 23.3 Å². The molecular weight excluding hydrogens is 267 g/mol. The summed E-state index contributed by atoms with van der Waals surface area (Å²) < 4.78 is 39.3. The van der Waals surface area contributed by atoms with Gasteiger partial charge in [0.15, 0.2) is 17.5 Å². The van der Waals surface area contributed by atoms with E-state index in [1.54, 1.807) is 0 Å². The van der Waals surface area contributed by atoms with E-state index in [0.29, 0.717) is 0 Å². The topological polar surface area (TPSA) is 29.1 Å². The molecule has 104 valence electrons. The quantitative estimate of drug-likeness (QED) is 0.858. The van der Waals surface area contributed by atoms with Crippen LogP contribution in [0.1, 0.15) is 21.5 Å². The minimum Gasteiger partial charge on any atom is -0.348 e. The van der Waals surface area contributed by atoms with E-state index in [-0.39, 0.29) is 6.54 Å². The number of carbonyl (C=O) groups is 1. The molecule has 0 saturated carbocycles. The maximum Gasteiger partial charge on any atom is 0.254 e. The molecule has 0 aliphatic heterocycles. The number of rotatable bonds is 3. The zero-order chi connectivity index (χ0) is 14.7. The number of halogens is 3. The number of hydrogen-bond acceptors (Lipinski definition) is 1. The van der Waals surface area contributed by atoms with Crippen molar-refractivity contribution in [1.82, 2.24) is 5.32 Å². The molecular formula is C15H12F3NO. The molecule has 1 amide bonds. The van der Waals surface area contributed by atoms with Crippen LogP contribution in [-0.4, -0.2) is 5.91 Å². The molecule has 0 atom stereocenters. The summed E-state index contributed by atoms with van der Waals surface area (Å²) in [6, 6.07) is 9.00. The van der Waals surface area contributed by atoms with Gasteiger partial charge in [-0.1, -0.05) is 24.3 Å². The molecule has 5 heteroatoms. The van der Waals surface area contributed by atoms with Gasteiger partial charge < -0.3 is 5.32 Å². The average Bonchev–Trinajstić information content (AvgIpc) is 2.44. The van der Waals surface area contributed by atoms with E-state index in [2.05, 4.69) is 5.32 Å². The Labute approximate surface area is 114 Å². The molecule has 0 radical (unpaired) electrons. The molecule has 2 aromatic carbocycles. The molecule has 2 rings (SSSR count). The Hall–Kier alpha value is -2.30. The van der Waals surface area contributed by atoms with Crippen molar-refractivity contribution in [1.29, 1.82) is 0 Å². The molecule has 0 fully saturated rings. The Morgan fingerprint density at radius 1 is 1.05 bits per heavy atom. The van der Waals surface area contributed by atoms with Gasteiger partial charge in [-0.05, 0) is 30.2 Å². The first kappa shape index (κ1) is 14.1. The van der Waals surface area contributed by atoms with E-state index in [1.807, 2.05) is 31.2 Å². The molecule has 0 aliphatic carbocycles. The molecule has 2 aromatic rings. The summed E-state index contributed by atoms with van der Waals surface area (Å²) in [5.74, 6) is -5.23.